The molecular formula is C18H29N7O6. The van der Waals surface area contributed by atoms with Gasteiger partial charge in [-0.05, 0) is 6.92 Å². The number of aliphatic hydroxyl groups is 2. The molecule has 1 fully saturated rings. The minimum absolute atomic E-state index is 0.382. The molecule has 1 aliphatic heterocycles. The van der Waals surface area contributed by atoms with Crippen LogP contribution in [0.5, 0.6) is 0 Å². The van der Waals surface area contributed by atoms with E-state index in [-0.39, 0.29) is 0 Å². The van der Waals surface area contributed by atoms with Gasteiger partial charge in [0.25, 0.3) is 5.91 Å². The Bertz CT molecular complexity index is 850. The summed E-state index contributed by atoms with van der Waals surface area (Å²) >= 11 is 0. The summed E-state index contributed by atoms with van der Waals surface area (Å²) in [6, 6.07) is 0. The van der Waals surface area contributed by atoms with Gasteiger partial charge < -0.3 is 40.8 Å². The molecule has 0 bridgehead atoms. The molecule has 0 saturated carbocycles. The number of nitrogens with one attached hydrogen (secondary N) is 2. The van der Waals surface area contributed by atoms with Crippen molar-refractivity contribution in [1.82, 2.24) is 24.8 Å². The van der Waals surface area contributed by atoms with Crippen molar-refractivity contribution in [3.8, 4) is 0 Å². The monoisotopic (exact) mass is 439 g/mol. The molecule has 172 valence electrons. The van der Waals surface area contributed by atoms with E-state index in [4.69, 9.17) is 19.9 Å². The van der Waals surface area contributed by atoms with Crippen LogP contribution >= 0.6 is 0 Å². The number of ether oxygens (including phenoxy) is 3. The fourth-order valence-electron chi connectivity index (χ4n) is 3.20. The molecule has 3 heterocycles. The lowest BCUT2D eigenvalue weighted by atomic mass is 10.1. The highest BCUT2D eigenvalue weighted by Crippen LogP contribution is 2.32. The minimum Gasteiger partial charge on any atom is -0.387 e. The number of aromatic nitrogens is 4. The number of nitrogens with zero attached hydrogens (tertiary/aromatic N) is 4. The third-order valence-electron chi connectivity index (χ3n) is 4.65. The van der Waals surface area contributed by atoms with E-state index in [0.717, 1.165) is 0 Å². The van der Waals surface area contributed by atoms with Crippen LogP contribution in [0.1, 0.15) is 13.2 Å². The second kappa shape index (κ2) is 11.3. The molecule has 13 nitrogen and oxygen atoms in total. The van der Waals surface area contributed by atoms with Gasteiger partial charge in [-0.15, -0.1) is 0 Å². The number of amides is 1. The summed E-state index contributed by atoms with van der Waals surface area (Å²) in [6.07, 6.45) is -2.14. The van der Waals surface area contributed by atoms with Gasteiger partial charge in [-0.25, -0.2) is 15.0 Å². The fraction of sp³-hybridized carbons (Fsp3) is 0.667. The number of anilines is 1. The topological polar surface area (TPSA) is 179 Å². The number of likely N-dealkylation sites (N-methyl/N-ethyl adjacent to an activating group) is 1. The zero-order valence-electron chi connectivity index (χ0n) is 17.3. The van der Waals surface area contributed by atoms with E-state index in [9.17, 15) is 15.0 Å². The first-order valence-corrected chi connectivity index (χ1v) is 10.1. The highest BCUT2D eigenvalue weighted by molar-refractivity contribution is 5.83. The number of fused-ring (bicyclic) bond motifs is 1. The molecule has 1 saturated heterocycles. The van der Waals surface area contributed by atoms with Crippen molar-refractivity contribution < 1.29 is 29.2 Å². The van der Waals surface area contributed by atoms with Gasteiger partial charge in [0, 0.05) is 19.6 Å². The Morgan fingerprint density at radius 3 is 2.71 bits per heavy atom. The van der Waals surface area contributed by atoms with E-state index in [2.05, 4.69) is 25.6 Å². The van der Waals surface area contributed by atoms with Crippen LogP contribution in [0, 0.1) is 0 Å². The summed E-state index contributed by atoms with van der Waals surface area (Å²) in [4.78, 5) is 24.8. The first-order chi connectivity index (χ1) is 15.1. The highest BCUT2D eigenvalue weighted by atomic mass is 16.6. The Balaban J connectivity index is 1.62. The SMILES string of the molecule is CCNC(=O)[C@H]1O[C@@H](n2cnc3c(NCCOCCOCCN)ncnc32)C(O)C1O. The molecule has 2 aromatic heterocycles. The second-order valence-electron chi connectivity index (χ2n) is 6.81. The van der Waals surface area contributed by atoms with E-state index < -0.39 is 30.4 Å². The molecular weight excluding hydrogens is 410 g/mol. The van der Waals surface area contributed by atoms with E-state index in [0.29, 0.717) is 63.0 Å². The van der Waals surface area contributed by atoms with E-state index in [1.165, 1.54) is 17.2 Å². The summed E-state index contributed by atoms with van der Waals surface area (Å²) < 4.78 is 17.8. The van der Waals surface area contributed by atoms with E-state index in [1.807, 2.05) is 0 Å². The van der Waals surface area contributed by atoms with Crippen molar-refractivity contribution in [3.05, 3.63) is 12.7 Å². The minimum atomic E-state index is -1.38. The predicted molar refractivity (Wildman–Crippen MR) is 109 cm³/mol. The number of hydrogen-bond donors (Lipinski definition) is 5. The van der Waals surface area contributed by atoms with E-state index >= 15 is 0 Å². The first-order valence-electron chi connectivity index (χ1n) is 10.1. The van der Waals surface area contributed by atoms with Gasteiger partial charge in [0.1, 0.15) is 18.5 Å². The Hall–Kier alpha value is -2.42. The molecule has 6 N–H and O–H groups in total. The van der Waals surface area contributed by atoms with Crippen molar-refractivity contribution in [1.29, 1.82) is 0 Å². The van der Waals surface area contributed by atoms with Crippen molar-refractivity contribution in [2.75, 3.05) is 51.4 Å². The average molecular weight is 439 g/mol. The zero-order chi connectivity index (χ0) is 22.2. The fourth-order valence-corrected chi connectivity index (χ4v) is 3.20. The third-order valence-corrected chi connectivity index (χ3v) is 4.65. The van der Waals surface area contributed by atoms with Crippen LogP contribution in [0.4, 0.5) is 5.82 Å². The zero-order valence-corrected chi connectivity index (χ0v) is 17.3. The molecule has 3 rings (SSSR count). The largest absolute Gasteiger partial charge is 0.387 e. The molecule has 0 radical (unpaired) electrons. The van der Waals surface area contributed by atoms with Gasteiger partial charge in [-0.3, -0.25) is 9.36 Å². The van der Waals surface area contributed by atoms with Crippen molar-refractivity contribution in [3.63, 3.8) is 0 Å². The van der Waals surface area contributed by atoms with Crippen molar-refractivity contribution >= 4 is 22.9 Å². The molecule has 31 heavy (non-hydrogen) atoms. The maximum atomic E-state index is 12.1. The van der Waals surface area contributed by atoms with Crippen LogP contribution < -0.4 is 16.4 Å². The number of carbonyl (C=O) groups is 1. The predicted octanol–water partition coefficient (Wildman–Crippen LogP) is -2.01. The molecule has 2 aromatic rings. The molecule has 1 aliphatic rings. The quantitative estimate of drug-likeness (QED) is 0.231. The number of imidazole rings is 1. The molecule has 1 amide bonds. The lowest BCUT2D eigenvalue weighted by Gasteiger charge is -2.16. The number of nitrogens with two attached hydrogens (primary N) is 1. The summed E-state index contributed by atoms with van der Waals surface area (Å²) in [5.41, 5.74) is 6.19. The number of aliphatic hydroxyl groups excluding tert-OH is 2. The Kier molecular flexibility index (Phi) is 8.45. The van der Waals surface area contributed by atoms with Gasteiger partial charge >= 0.3 is 0 Å². The van der Waals surface area contributed by atoms with E-state index in [1.54, 1.807) is 6.92 Å². The van der Waals surface area contributed by atoms with Gasteiger partial charge in [-0.2, -0.15) is 0 Å². The van der Waals surface area contributed by atoms with Gasteiger partial charge in [0.05, 0.1) is 32.8 Å². The highest BCUT2D eigenvalue weighted by Gasteiger charge is 2.47. The van der Waals surface area contributed by atoms with Crippen LogP contribution in [0.25, 0.3) is 11.2 Å². The standard InChI is InChI=1S/C18H29N7O6/c1-2-20-17(28)14-12(26)13(27)18(31-14)25-10-24-11-15(22-9-23-16(11)25)21-4-6-30-8-7-29-5-3-19/h9-10,12-14,18,26-27H,2-8,19H2,1H3,(H,20,28)(H,21,22,23)/t12?,13?,14-,18+/m0/s1. The van der Waals surface area contributed by atoms with Crippen LogP contribution in [-0.2, 0) is 19.0 Å². The summed E-state index contributed by atoms with van der Waals surface area (Å²) in [7, 11) is 0. The van der Waals surface area contributed by atoms with Gasteiger partial charge in [0.2, 0.25) is 0 Å². The second-order valence-corrected chi connectivity index (χ2v) is 6.81. The summed E-state index contributed by atoms with van der Waals surface area (Å²) in [5, 5.41) is 26.4. The van der Waals surface area contributed by atoms with Crippen LogP contribution in [-0.4, -0.2) is 100 Å². The van der Waals surface area contributed by atoms with Gasteiger partial charge in [-0.1, -0.05) is 0 Å². The number of rotatable bonds is 12. The van der Waals surface area contributed by atoms with Crippen molar-refractivity contribution in [2.45, 2.75) is 31.5 Å². The molecule has 0 aliphatic carbocycles. The molecule has 0 aromatic carbocycles. The summed E-state index contributed by atoms with van der Waals surface area (Å²) in [5.74, 6) is -0.00794. The third kappa shape index (κ3) is 5.44. The molecule has 0 spiro atoms. The van der Waals surface area contributed by atoms with Crippen LogP contribution in [0.15, 0.2) is 12.7 Å². The lowest BCUT2D eigenvalue weighted by molar-refractivity contribution is -0.137. The maximum absolute atomic E-state index is 12.1. The summed E-state index contributed by atoms with van der Waals surface area (Å²) in [6.45, 7) is 4.97. The lowest BCUT2D eigenvalue weighted by Crippen LogP contribution is -2.42. The first kappa shape index (κ1) is 23.2. The number of hydrogen-bond acceptors (Lipinski definition) is 11. The Labute approximate surface area is 178 Å². The normalized spacial score (nSPS) is 23.4. The van der Waals surface area contributed by atoms with Gasteiger partial charge in [0.15, 0.2) is 29.3 Å². The van der Waals surface area contributed by atoms with Crippen LogP contribution in [0.2, 0.25) is 0 Å². The molecule has 2 unspecified atom stereocenters. The van der Waals surface area contributed by atoms with Crippen molar-refractivity contribution in [2.24, 2.45) is 5.73 Å². The smallest absolute Gasteiger partial charge is 0.252 e. The molecule has 13 heteroatoms. The van der Waals surface area contributed by atoms with Crippen LogP contribution in [0.3, 0.4) is 0 Å². The maximum Gasteiger partial charge on any atom is 0.252 e. The Morgan fingerprint density at radius 1 is 1.19 bits per heavy atom. The number of carbonyl (C=O) groups excluding carboxylic acids is 1. The Morgan fingerprint density at radius 2 is 1.97 bits per heavy atom. The molecule has 4 atom stereocenters. The average Bonchev–Trinajstić information content (AvgIpc) is 3.32.